The lowest BCUT2D eigenvalue weighted by Crippen LogP contribution is -2.43. The molecule has 182 valence electrons. The Bertz CT molecular complexity index is 586. The number of unbranched alkanes of at least 4 members (excludes halogenated alkanes) is 6. The van der Waals surface area contributed by atoms with Gasteiger partial charge in [0.15, 0.2) is 6.04 Å². The molecule has 0 radical (unpaired) electrons. The molecule has 1 amide bonds. The number of carboxylic acids is 1. The molecule has 0 aromatic heterocycles. The Morgan fingerprint density at radius 2 is 1.52 bits per heavy atom. The Balaban J connectivity index is 4.05. The van der Waals surface area contributed by atoms with Crippen LogP contribution in [-0.4, -0.2) is 64.9 Å². The number of phosphoric acid groups is 1. The molecular weight excluding hydrogens is 433 g/mol. The van der Waals surface area contributed by atoms with Gasteiger partial charge in [-0.3, -0.25) is 18.6 Å². The van der Waals surface area contributed by atoms with Crippen molar-refractivity contribution in [3.05, 3.63) is 0 Å². The largest absolute Gasteiger partial charge is 0.480 e. The molecule has 0 bridgehead atoms. The summed E-state index contributed by atoms with van der Waals surface area (Å²) in [5.41, 5.74) is 0. The lowest BCUT2D eigenvalue weighted by molar-refractivity contribution is -0.147. The number of carboxylic acid groups (broad SMARTS) is 1. The monoisotopic (exact) mass is 469 g/mol. The molecule has 0 saturated carbocycles. The van der Waals surface area contributed by atoms with Crippen molar-refractivity contribution in [3.8, 4) is 0 Å². The van der Waals surface area contributed by atoms with Crippen molar-refractivity contribution in [1.82, 2.24) is 5.32 Å². The molecule has 4 N–H and O–H groups in total. The van der Waals surface area contributed by atoms with Crippen LogP contribution in [0, 0.1) is 0 Å². The number of carbonyl (C=O) groups is 3. The summed E-state index contributed by atoms with van der Waals surface area (Å²) in [5, 5.41) is 20.8. The quantitative estimate of drug-likeness (QED) is 0.125. The zero-order valence-electron chi connectivity index (χ0n) is 18.3. The topological polar surface area (TPSA) is 169 Å². The van der Waals surface area contributed by atoms with E-state index in [1.807, 2.05) is 0 Å². The Kier molecular flexibility index (Phi) is 16.2. The SMILES string of the molecule is CCCCCCCCCC(=O)OCC(O)COP(=O)(O)OCC(NC(=O)CC)C(=O)O. The van der Waals surface area contributed by atoms with Crippen molar-refractivity contribution in [2.75, 3.05) is 19.8 Å². The van der Waals surface area contributed by atoms with Crippen molar-refractivity contribution >= 4 is 25.7 Å². The standard InChI is InChI=1S/C19H36NO10P/c1-3-5-6-7-8-9-10-11-18(23)28-12-15(21)13-29-31(26,27)30-14-16(19(24)25)20-17(22)4-2/h15-16,21H,3-14H2,1-2H3,(H,20,22)(H,24,25)(H,26,27). The van der Waals surface area contributed by atoms with Crippen LogP contribution in [0.15, 0.2) is 0 Å². The molecule has 0 spiro atoms. The van der Waals surface area contributed by atoms with E-state index < -0.39 is 57.6 Å². The van der Waals surface area contributed by atoms with Crippen molar-refractivity contribution < 1.29 is 47.8 Å². The second-order valence-electron chi connectivity index (χ2n) is 7.08. The first-order valence-corrected chi connectivity index (χ1v) is 12.1. The number of hydrogen-bond donors (Lipinski definition) is 4. The van der Waals surface area contributed by atoms with Crippen LogP contribution in [0.4, 0.5) is 0 Å². The number of aliphatic hydroxyl groups excluding tert-OH is 1. The van der Waals surface area contributed by atoms with Crippen molar-refractivity contribution in [2.24, 2.45) is 0 Å². The zero-order valence-corrected chi connectivity index (χ0v) is 19.2. The molecule has 0 saturated heterocycles. The van der Waals surface area contributed by atoms with Gasteiger partial charge in [0.1, 0.15) is 12.7 Å². The average Bonchev–Trinajstić information content (AvgIpc) is 2.72. The fourth-order valence-corrected chi connectivity index (χ4v) is 3.17. The van der Waals surface area contributed by atoms with Gasteiger partial charge >= 0.3 is 19.8 Å². The van der Waals surface area contributed by atoms with E-state index in [0.29, 0.717) is 6.42 Å². The highest BCUT2D eigenvalue weighted by Gasteiger charge is 2.28. The van der Waals surface area contributed by atoms with Crippen molar-refractivity contribution in [3.63, 3.8) is 0 Å². The number of amides is 1. The highest BCUT2D eigenvalue weighted by atomic mass is 31.2. The van der Waals surface area contributed by atoms with E-state index in [2.05, 4.69) is 21.3 Å². The first-order valence-electron chi connectivity index (χ1n) is 10.6. The summed E-state index contributed by atoms with van der Waals surface area (Å²) in [7, 11) is -4.69. The van der Waals surface area contributed by atoms with Gasteiger partial charge in [0.05, 0.1) is 13.2 Å². The maximum Gasteiger partial charge on any atom is 0.472 e. The molecule has 31 heavy (non-hydrogen) atoms. The third kappa shape index (κ3) is 16.8. The first-order chi connectivity index (χ1) is 14.6. The van der Waals surface area contributed by atoms with Crippen LogP contribution >= 0.6 is 7.82 Å². The van der Waals surface area contributed by atoms with E-state index in [9.17, 15) is 28.9 Å². The number of phosphoric ester groups is 1. The van der Waals surface area contributed by atoms with E-state index in [1.54, 1.807) is 0 Å². The zero-order chi connectivity index (χ0) is 23.7. The van der Waals surface area contributed by atoms with Crippen LogP contribution < -0.4 is 5.32 Å². The van der Waals surface area contributed by atoms with E-state index in [-0.39, 0.29) is 12.8 Å². The molecule has 0 aliphatic carbocycles. The van der Waals surface area contributed by atoms with Crippen LogP contribution in [0.2, 0.25) is 0 Å². The second-order valence-corrected chi connectivity index (χ2v) is 8.53. The second kappa shape index (κ2) is 17.1. The molecule has 11 nitrogen and oxygen atoms in total. The molecule has 0 fully saturated rings. The van der Waals surface area contributed by atoms with Gasteiger partial charge in [-0.2, -0.15) is 0 Å². The maximum atomic E-state index is 11.8. The first kappa shape index (κ1) is 29.5. The van der Waals surface area contributed by atoms with E-state index in [4.69, 9.17) is 9.84 Å². The normalized spacial score (nSPS) is 15.0. The molecule has 3 unspecified atom stereocenters. The number of nitrogens with one attached hydrogen (secondary N) is 1. The summed E-state index contributed by atoms with van der Waals surface area (Å²) in [4.78, 5) is 43.5. The summed E-state index contributed by atoms with van der Waals surface area (Å²) in [6, 6.07) is -1.53. The Morgan fingerprint density at radius 1 is 0.935 bits per heavy atom. The minimum atomic E-state index is -4.69. The summed E-state index contributed by atoms with van der Waals surface area (Å²) >= 11 is 0. The Labute approximate surface area is 183 Å². The van der Waals surface area contributed by atoms with Crippen LogP contribution in [0.5, 0.6) is 0 Å². The fourth-order valence-electron chi connectivity index (χ4n) is 2.39. The minimum absolute atomic E-state index is 0.0287. The van der Waals surface area contributed by atoms with Gasteiger partial charge in [-0.05, 0) is 6.42 Å². The third-order valence-corrected chi connectivity index (χ3v) is 5.16. The molecule has 0 rings (SSSR count). The van der Waals surface area contributed by atoms with E-state index >= 15 is 0 Å². The maximum absolute atomic E-state index is 11.8. The summed E-state index contributed by atoms with van der Waals surface area (Å²) < 4.78 is 25.8. The van der Waals surface area contributed by atoms with Crippen LogP contribution in [-0.2, 0) is 32.7 Å². The summed E-state index contributed by atoms with van der Waals surface area (Å²) in [6.45, 7) is 1.76. The molecule has 12 heteroatoms. The number of rotatable bonds is 19. The highest BCUT2D eigenvalue weighted by Crippen LogP contribution is 2.43. The fraction of sp³-hybridized carbons (Fsp3) is 0.842. The number of carbonyl (C=O) groups excluding carboxylic acids is 2. The van der Waals surface area contributed by atoms with Gasteiger partial charge in [0, 0.05) is 12.8 Å². The Morgan fingerprint density at radius 3 is 2.10 bits per heavy atom. The highest BCUT2D eigenvalue weighted by molar-refractivity contribution is 7.47. The lowest BCUT2D eigenvalue weighted by atomic mass is 10.1. The van der Waals surface area contributed by atoms with Gasteiger partial charge in [-0.15, -0.1) is 0 Å². The predicted octanol–water partition coefficient (Wildman–Crippen LogP) is 2.14. The number of ether oxygens (including phenoxy) is 1. The molecule has 0 aromatic carbocycles. The molecule has 0 aliphatic rings. The smallest absolute Gasteiger partial charge is 0.472 e. The van der Waals surface area contributed by atoms with Crippen molar-refractivity contribution in [1.29, 1.82) is 0 Å². The van der Waals surface area contributed by atoms with Gasteiger partial charge in [0.25, 0.3) is 0 Å². The molecule has 0 aromatic rings. The number of aliphatic hydroxyl groups is 1. The Hall–Kier alpha value is -1.52. The molecule has 3 atom stereocenters. The van der Waals surface area contributed by atoms with E-state index in [1.165, 1.54) is 26.2 Å². The van der Waals surface area contributed by atoms with Gasteiger partial charge < -0.3 is 25.2 Å². The van der Waals surface area contributed by atoms with Gasteiger partial charge in [0.2, 0.25) is 5.91 Å². The molecule has 0 aliphatic heterocycles. The minimum Gasteiger partial charge on any atom is -0.480 e. The van der Waals surface area contributed by atoms with Crippen LogP contribution in [0.3, 0.4) is 0 Å². The number of esters is 1. The molecular formula is C19H36NO10P. The summed E-state index contributed by atoms with van der Waals surface area (Å²) in [6.07, 6.45) is 6.28. The molecule has 0 heterocycles. The van der Waals surface area contributed by atoms with Crippen molar-refractivity contribution in [2.45, 2.75) is 83.8 Å². The lowest BCUT2D eigenvalue weighted by Gasteiger charge is -2.18. The van der Waals surface area contributed by atoms with Crippen LogP contribution in [0.25, 0.3) is 0 Å². The van der Waals surface area contributed by atoms with Gasteiger partial charge in [-0.25, -0.2) is 9.36 Å². The van der Waals surface area contributed by atoms with E-state index in [0.717, 1.165) is 19.3 Å². The average molecular weight is 469 g/mol. The number of hydrogen-bond acceptors (Lipinski definition) is 8. The predicted molar refractivity (Wildman–Crippen MR) is 111 cm³/mol. The van der Waals surface area contributed by atoms with Crippen LogP contribution in [0.1, 0.15) is 71.6 Å². The number of aliphatic carboxylic acids is 1. The van der Waals surface area contributed by atoms with Gasteiger partial charge in [-0.1, -0.05) is 52.4 Å². The third-order valence-electron chi connectivity index (χ3n) is 4.21. The summed E-state index contributed by atoms with van der Waals surface area (Å²) in [5.74, 6) is -2.50.